The van der Waals surface area contributed by atoms with Crippen LogP contribution in [0.2, 0.25) is 0 Å². The van der Waals surface area contributed by atoms with Gasteiger partial charge in [-0.25, -0.2) is 29.9 Å². The summed E-state index contributed by atoms with van der Waals surface area (Å²) in [5.74, 6) is 4.75. The van der Waals surface area contributed by atoms with Crippen molar-refractivity contribution < 1.29 is 0 Å². The molecular formula is C96H60N16. The molecule has 524 valence electrons. The zero-order valence-electron chi connectivity index (χ0n) is 59.8. The van der Waals surface area contributed by atoms with Crippen molar-refractivity contribution in [3.05, 3.63) is 365 Å². The highest BCUT2D eigenvalue weighted by atomic mass is 15.2. The summed E-state index contributed by atoms with van der Waals surface area (Å²) in [6, 6.07) is 112. The molecule has 22 rings (SSSR count). The van der Waals surface area contributed by atoms with E-state index in [9.17, 15) is 0 Å². The molecule has 22 aromatic rings. The van der Waals surface area contributed by atoms with Gasteiger partial charge in [0.1, 0.15) is 0 Å². The van der Waals surface area contributed by atoms with E-state index < -0.39 is 0 Å². The highest BCUT2D eigenvalue weighted by molar-refractivity contribution is 6.26. The van der Waals surface area contributed by atoms with Crippen molar-refractivity contribution in [1.82, 2.24) is 78.1 Å². The largest absolute Gasteiger partial charge is 0.307 e. The molecule has 0 bridgehead atoms. The monoisotopic (exact) mass is 1440 g/mol. The van der Waals surface area contributed by atoms with Crippen LogP contribution < -0.4 is 0 Å². The minimum atomic E-state index is 0.511. The molecule has 0 aliphatic heterocycles. The van der Waals surface area contributed by atoms with E-state index in [1.165, 1.54) is 0 Å². The third kappa shape index (κ3) is 11.2. The lowest BCUT2D eigenvalue weighted by Gasteiger charge is -2.13. The van der Waals surface area contributed by atoms with Crippen molar-refractivity contribution >= 4 is 87.2 Å². The van der Waals surface area contributed by atoms with Gasteiger partial charge in [0.2, 0.25) is 11.9 Å². The number of para-hydroxylation sites is 2. The molecule has 0 N–H and O–H groups in total. The fraction of sp³-hybridized carbons (Fsp3) is 0. The number of aromatic nitrogens is 16. The van der Waals surface area contributed by atoms with Gasteiger partial charge in [0.25, 0.3) is 0 Å². The standard InChI is InChI=1S/C49H31N7.C47H29N9/c1-4-14-32(15-5-1)47-52-48(33-16-6-2-7-17-33)54-49(53-47)56-44-27-23-35(42-21-11-13-29-51-42)31-40(44)38-25-24-37-39-30-34(41-20-10-12-28-50-41)22-26-43(39)55(45(37)46(38)56)36-18-8-3-9-19-36;1-4-12-30(13-5-1)45-52-46(31-14-6-2-7-15-31)54-47(53-45)56-40-23-19-33(44-50-26-11-27-51-44)29-38(40)36-21-20-35-37-28-32(43-48-24-10-25-49-43)18-22-39(37)55(41(35)42(36)56)34-16-8-3-9-17-34/h1-31H;1-29H. The van der Waals surface area contributed by atoms with Gasteiger partial charge in [0.05, 0.1) is 55.5 Å². The van der Waals surface area contributed by atoms with E-state index in [0.29, 0.717) is 46.8 Å². The SMILES string of the molecule is c1ccc(-c2nc(-c3ccccc3)nc(-n3c4ccc(-c5ccccn5)cc4c4ccc5c6cc(-c7ccccn7)ccc6n(-c6ccccc6)c5c43)n2)cc1.c1ccc(-c2nc(-c3ccccc3)nc(-n3c4ccc(-c5ncccn5)cc4c4ccc5c6cc(-c7ncccn7)ccc6n(-c6ccccc6)c5c43)n2)cc1. The molecule has 0 saturated heterocycles. The second-order valence-electron chi connectivity index (χ2n) is 27.3. The quantitative estimate of drug-likeness (QED) is 0.113. The predicted octanol–water partition coefficient (Wildman–Crippen LogP) is 21.8. The summed E-state index contributed by atoms with van der Waals surface area (Å²) in [5, 5.41) is 8.62. The Bertz CT molecular complexity index is 6760. The molecule has 0 unspecified atom stereocenters. The van der Waals surface area contributed by atoms with Gasteiger partial charge in [-0.1, -0.05) is 206 Å². The molecular weight excluding hydrogens is 1380 g/mol. The second kappa shape index (κ2) is 27.3. The maximum atomic E-state index is 5.28. The fourth-order valence-corrected chi connectivity index (χ4v) is 15.7. The Labute approximate surface area is 640 Å². The van der Waals surface area contributed by atoms with Crippen molar-refractivity contribution in [3.63, 3.8) is 0 Å². The second-order valence-corrected chi connectivity index (χ2v) is 27.3. The van der Waals surface area contributed by atoms with Crippen molar-refractivity contribution in [2.24, 2.45) is 0 Å². The number of nitrogens with zero attached hydrogens (tertiary/aromatic N) is 16. The first kappa shape index (κ1) is 64.7. The summed E-state index contributed by atoms with van der Waals surface area (Å²) in [6.07, 6.45) is 10.8. The minimum absolute atomic E-state index is 0.511. The van der Waals surface area contributed by atoms with Crippen molar-refractivity contribution in [3.8, 4) is 114 Å². The summed E-state index contributed by atoms with van der Waals surface area (Å²) < 4.78 is 9.15. The molecule has 0 atom stereocenters. The first-order valence-corrected chi connectivity index (χ1v) is 36.9. The highest BCUT2D eigenvalue weighted by Gasteiger charge is 2.28. The van der Waals surface area contributed by atoms with Gasteiger partial charge in [-0.15, -0.1) is 0 Å². The van der Waals surface area contributed by atoms with Gasteiger partial charge in [0, 0.05) is 136 Å². The third-order valence-corrected chi connectivity index (χ3v) is 20.7. The number of pyridine rings is 2. The Balaban J connectivity index is 0.000000141. The Morgan fingerprint density at radius 1 is 0.170 bits per heavy atom. The molecule has 16 nitrogen and oxygen atoms in total. The maximum Gasteiger partial charge on any atom is 0.238 e. The van der Waals surface area contributed by atoms with Crippen LogP contribution in [-0.4, -0.2) is 78.1 Å². The van der Waals surface area contributed by atoms with Crippen LogP contribution in [0.25, 0.3) is 201 Å². The molecule has 10 aromatic heterocycles. The molecule has 0 amide bonds. The molecule has 0 aliphatic rings. The number of hydrogen-bond donors (Lipinski definition) is 0. The van der Waals surface area contributed by atoms with E-state index in [0.717, 1.165) is 154 Å². The summed E-state index contributed by atoms with van der Waals surface area (Å²) in [6.45, 7) is 0. The number of rotatable bonds is 12. The molecule has 0 fully saturated rings. The van der Waals surface area contributed by atoms with E-state index in [1.54, 1.807) is 24.8 Å². The Morgan fingerprint density at radius 3 is 0.750 bits per heavy atom. The van der Waals surface area contributed by atoms with Crippen LogP contribution in [-0.2, 0) is 0 Å². The van der Waals surface area contributed by atoms with E-state index in [2.05, 4.69) is 202 Å². The topological polar surface area (TPSA) is 174 Å². The molecule has 0 spiro atoms. The summed E-state index contributed by atoms with van der Waals surface area (Å²) >= 11 is 0. The summed E-state index contributed by atoms with van der Waals surface area (Å²) in [7, 11) is 0. The van der Waals surface area contributed by atoms with Gasteiger partial charge in [-0.3, -0.25) is 19.1 Å². The van der Waals surface area contributed by atoms with Gasteiger partial charge in [0.15, 0.2) is 34.9 Å². The van der Waals surface area contributed by atoms with E-state index >= 15 is 0 Å². The summed E-state index contributed by atoms with van der Waals surface area (Å²) in [5.41, 5.74) is 19.6. The average Bonchev–Trinajstić information content (AvgIpc) is 1.55. The molecule has 12 aromatic carbocycles. The van der Waals surface area contributed by atoms with Crippen LogP contribution >= 0.6 is 0 Å². The van der Waals surface area contributed by atoms with E-state index in [1.807, 2.05) is 176 Å². The van der Waals surface area contributed by atoms with Crippen molar-refractivity contribution in [1.29, 1.82) is 0 Å². The Kier molecular flexibility index (Phi) is 15.8. The lowest BCUT2D eigenvalue weighted by molar-refractivity contribution is 0.953. The minimum Gasteiger partial charge on any atom is -0.307 e. The van der Waals surface area contributed by atoms with Crippen LogP contribution in [0.4, 0.5) is 0 Å². The smallest absolute Gasteiger partial charge is 0.238 e. The normalized spacial score (nSPS) is 11.6. The zero-order valence-corrected chi connectivity index (χ0v) is 59.8. The lowest BCUT2D eigenvalue weighted by Crippen LogP contribution is -2.07. The van der Waals surface area contributed by atoms with Gasteiger partial charge < -0.3 is 9.13 Å². The predicted molar refractivity (Wildman–Crippen MR) is 447 cm³/mol. The first-order valence-electron chi connectivity index (χ1n) is 36.9. The van der Waals surface area contributed by atoms with Crippen LogP contribution in [0.3, 0.4) is 0 Å². The van der Waals surface area contributed by atoms with Crippen molar-refractivity contribution in [2.45, 2.75) is 0 Å². The van der Waals surface area contributed by atoms with Gasteiger partial charge >= 0.3 is 0 Å². The Hall–Kier alpha value is -15.7. The molecule has 0 radical (unpaired) electrons. The third-order valence-electron chi connectivity index (χ3n) is 20.7. The molecule has 0 saturated carbocycles. The first-order chi connectivity index (χ1) is 55.6. The van der Waals surface area contributed by atoms with Crippen LogP contribution in [0.5, 0.6) is 0 Å². The zero-order chi connectivity index (χ0) is 74.0. The fourth-order valence-electron chi connectivity index (χ4n) is 15.7. The molecule has 16 heteroatoms. The molecule has 0 aliphatic carbocycles. The van der Waals surface area contributed by atoms with Crippen LogP contribution in [0.15, 0.2) is 365 Å². The highest BCUT2D eigenvalue weighted by Crippen LogP contribution is 2.46. The lowest BCUT2D eigenvalue weighted by atomic mass is 10.0. The number of fused-ring (bicyclic) bond motifs is 14. The van der Waals surface area contributed by atoms with Gasteiger partial charge in [-0.05, 0) is 121 Å². The number of benzene rings is 12. The van der Waals surface area contributed by atoms with Gasteiger partial charge in [-0.2, -0.15) is 19.9 Å². The van der Waals surface area contributed by atoms with Crippen LogP contribution in [0.1, 0.15) is 0 Å². The van der Waals surface area contributed by atoms with Crippen molar-refractivity contribution in [2.75, 3.05) is 0 Å². The maximum absolute atomic E-state index is 5.28. The number of hydrogen-bond acceptors (Lipinski definition) is 12. The average molecular weight is 1440 g/mol. The molecule has 10 heterocycles. The van der Waals surface area contributed by atoms with Crippen LogP contribution in [0, 0.1) is 0 Å². The Morgan fingerprint density at radius 2 is 0.438 bits per heavy atom. The summed E-state index contributed by atoms with van der Waals surface area (Å²) in [4.78, 5) is 58.9. The van der Waals surface area contributed by atoms with E-state index in [-0.39, 0.29) is 0 Å². The molecule has 112 heavy (non-hydrogen) atoms. The van der Waals surface area contributed by atoms with E-state index in [4.69, 9.17) is 39.9 Å².